The number of ether oxygens (including phenoxy) is 1. The van der Waals surface area contributed by atoms with Crippen LogP contribution < -0.4 is 26.4 Å². The number of nitrogens with one attached hydrogen (secondary N) is 1. The highest BCUT2D eigenvalue weighted by Crippen LogP contribution is 2.36. The van der Waals surface area contributed by atoms with Crippen molar-refractivity contribution in [3.63, 3.8) is 0 Å². The Bertz CT molecular complexity index is 1320. The van der Waals surface area contributed by atoms with E-state index in [0.717, 1.165) is 22.7 Å². The Labute approximate surface area is 221 Å². The van der Waals surface area contributed by atoms with Gasteiger partial charge in [0.05, 0.1) is 12.8 Å². The number of primary amides is 1. The lowest BCUT2D eigenvalue weighted by atomic mass is 9.97. The number of nitrogens with zero attached hydrogens (tertiary/aromatic N) is 2. The van der Waals surface area contributed by atoms with E-state index in [1.807, 2.05) is 46.8 Å². The molecule has 1 aromatic heterocycles. The molecule has 0 aliphatic carbocycles. The minimum atomic E-state index is -1.07. The van der Waals surface area contributed by atoms with Crippen LogP contribution in [0.5, 0.6) is 5.75 Å². The molecule has 37 heavy (non-hydrogen) atoms. The van der Waals surface area contributed by atoms with E-state index >= 15 is 0 Å². The first-order valence-corrected chi connectivity index (χ1v) is 12.6. The van der Waals surface area contributed by atoms with Crippen LogP contribution in [-0.4, -0.2) is 34.7 Å². The molecule has 3 amide bonds. The lowest BCUT2D eigenvalue weighted by Gasteiger charge is -2.35. The minimum Gasteiger partial charge on any atom is -0.497 e. The molecular formula is C27H33N5O4S. The van der Waals surface area contributed by atoms with E-state index in [-0.39, 0.29) is 22.2 Å². The average molecular weight is 524 g/mol. The molecule has 3 rings (SSSR count). The first kappa shape index (κ1) is 27.7. The van der Waals surface area contributed by atoms with Crippen molar-refractivity contribution in [2.45, 2.75) is 52.6 Å². The van der Waals surface area contributed by atoms with Crippen LogP contribution in [0.3, 0.4) is 0 Å². The summed E-state index contributed by atoms with van der Waals surface area (Å²) in [6, 6.07) is 11.4. The third kappa shape index (κ3) is 5.75. The molecule has 0 fully saturated rings. The summed E-state index contributed by atoms with van der Waals surface area (Å²) in [5, 5.41) is 3.08. The number of amides is 3. The number of aromatic nitrogens is 1. The topological polar surface area (TPSA) is 141 Å². The summed E-state index contributed by atoms with van der Waals surface area (Å²) in [5.74, 6) is -1.16. The smallest absolute Gasteiger partial charge is 0.273 e. The molecule has 196 valence electrons. The van der Waals surface area contributed by atoms with Gasteiger partial charge in [-0.1, -0.05) is 31.2 Å². The Kier molecular flexibility index (Phi) is 8.22. The summed E-state index contributed by atoms with van der Waals surface area (Å²) in [6.45, 7) is 9.62. The molecule has 0 bridgehead atoms. The van der Waals surface area contributed by atoms with Crippen LogP contribution in [0.2, 0.25) is 0 Å². The summed E-state index contributed by atoms with van der Waals surface area (Å²) in [7, 11) is 1.55. The van der Waals surface area contributed by atoms with Gasteiger partial charge in [0.1, 0.15) is 16.7 Å². The number of nitrogen functional groups attached to an aromatic ring is 1. The van der Waals surface area contributed by atoms with E-state index in [4.69, 9.17) is 16.2 Å². The third-order valence-electron chi connectivity index (χ3n) is 6.49. The molecule has 0 radical (unpaired) electrons. The first-order chi connectivity index (χ1) is 17.4. The van der Waals surface area contributed by atoms with E-state index < -0.39 is 23.4 Å². The number of anilines is 2. The number of carbonyl (C=O) groups excluding carboxylic acids is 3. The molecule has 1 atom stereocenters. The monoisotopic (exact) mass is 523 g/mol. The number of benzene rings is 2. The summed E-state index contributed by atoms with van der Waals surface area (Å²) >= 11 is 0.775. The molecule has 2 aromatic carbocycles. The number of carbonyl (C=O) groups is 3. The predicted octanol–water partition coefficient (Wildman–Crippen LogP) is 4.14. The Morgan fingerprint density at radius 2 is 1.78 bits per heavy atom. The second kappa shape index (κ2) is 11.0. The molecule has 1 heterocycles. The van der Waals surface area contributed by atoms with Gasteiger partial charge in [0.15, 0.2) is 5.69 Å². The van der Waals surface area contributed by atoms with Crippen LogP contribution in [-0.2, 0) is 4.79 Å². The van der Waals surface area contributed by atoms with E-state index in [1.54, 1.807) is 37.4 Å². The van der Waals surface area contributed by atoms with E-state index in [9.17, 15) is 14.4 Å². The van der Waals surface area contributed by atoms with Crippen LogP contribution in [0, 0.1) is 13.8 Å². The first-order valence-electron chi connectivity index (χ1n) is 11.8. The van der Waals surface area contributed by atoms with E-state index in [0.29, 0.717) is 23.4 Å². The number of methoxy groups -OCH3 is 1. The molecule has 5 N–H and O–H groups in total. The number of hydrogen-bond acceptors (Lipinski definition) is 7. The summed E-state index contributed by atoms with van der Waals surface area (Å²) in [5.41, 5.74) is 13.6. The fraction of sp³-hybridized carbons (Fsp3) is 0.333. The molecule has 10 heteroatoms. The van der Waals surface area contributed by atoms with Gasteiger partial charge in [-0.05, 0) is 80.5 Å². The van der Waals surface area contributed by atoms with Gasteiger partial charge in [0.2, 0.25) is 5.91 Å². The van der Waals surface area contributed by atoms with Crippen molar-refractivity contribution >= 4 is 40.6 Å². The summed E-state index contributed by atoms with van der Waals surface area (Å²) in [4.78, 5) is 41.4. The molecule has 0 aliphatic heterocycles. The largest absolute Gasteiger partial charge is 0.497 e. The van der Waals surface area contributed by atoms with E-state index in [1.165, 1.54) is 4.90 Å². The molecule has 0 spiro atoms. The number of hydrogen-bond donors (Lipinski definition) is 3. The fourth-order valence-electron chi connectivity index (χ4n) is 3.80. The van der Waals surface area contributed by atoms with Crippen LogP contribution >= 0.6 is 11.5 Å². The quantitative estimate of drug-likeness (QED) is 0.385. The number of nitrogens with two attached hydrogens (primary N) is 2. The fourth-order valence-corrected chi connectivity index (χ4v) is 4.54. The van der Waals surface area contributed by atoms with Crippen molar-refractivity contribution in [2.24, 2.45) is 5.73 Å². The predicted molar refractivity (Wildman–Crippen MR) is 146 cm³/mol. The van der Waals surface area contributed by atoms with Crippen molar-refractivity contribution in [1.29, 1.82) is 0 Å². The minimum absolute atomic E-state index is 0.0239. The van der Waals surface area contributed by atoms with Crippen molar-refractivity contribution in [2.75, 3.05) is 17.7 Å². The zero-order valence-corrected chi connectivity index (χ0v) is 22.7. The van der Waals surface area contributed by atoms with Crippen LogP contribution in [0.1, 0.15) is 70.1 Å². The second-order valence-electron chi connectivity index (χ2n) is 9.43. The lowest BCUT2D eigenvalue weighted by Crippen LogP contribution is -2.50. The van der Waals surface area contributed by atoms with Gasteiger partial charge in [-0.2, -0.15) is 4.37 Å². The Hall–Kier alpha value is -3.92. The average Bonchev–Trinajstić information content (AvgIpc) is 3.25. The lowest BCUT2D eigenvalue weighted by molar-refractivity contribution is -0.124. The van der Waals surface area contributed by atoms with Gasteiger partial charge in [0, 0.05) is 11.2 Å². The summed E-state index contributed by atoms with van der Waals surface area (Å²) < 4.78 is 9.30. The highest BCUT2D eigenvalue weighted by molar-refractivity contribution is 7.09. The zero-order valence-electron chi connectivity index (χ0n) is 21.9. The molecule has 9 nitrogen and oxygen atoms in total. The zero-order chi connectivity index (χ0) is 27.5. The van der Waals surface area contributed by atoms with Crippen molar-refractivity contribution in [3.05, 3.63) is 69.7 Å². The standard InChI is InChI=1S/C27H33N5O4S/c1-7-27(4,5)30-25(34)22(17-11-13-18(36-6)14-12-17)32(19-10-8-9-15(2)16(19)3)26(35)23-20(28)21(24(29)33)31-37-23/h8-14,22H,7,28H2,1-6H3,(H2,29,33)(H,30,34). The van der Waals surface area contributed by atoms with Gasteiger partial charge >= 0.3 is 0 Å². The summed E-state index contributed by atoms with van der Waals surface area (Å²) in [6.07, 6.45) is 0.676. The molecule has 0 aliphatic rings. The highest BCUT2D eigenvalue weighted by atomic mass is 32.1. The normalized spacial score (nSPS) is 12.1. The van der Waals surface area contributed by atoms with Crippen LogP contribution in [0.4, 0.5) is 11.4 Å². The van der Waals surface area contributed by atoms with E-state index in [2.05, 4.69) is 9.69 Å². The SMILES string of the molecule is CCC(C)(C)NC(=O)C(c1ccc(OC)cc1)N(C(=O)c1snc(C(N)=O)c1N)c1cccc(C)c1C. The van der Waals surface area contributed by atoms with Crippen LogP contribution in [0.25, 0.3) is 0 Å². The van der Waals surface area contributed by atoms with Crippen molar-refractivity contribution in [1.82, 2.24) is 9.69 Å². The van der Waals surface area contributed by atoms with Gasteiger partial charge in [-0.3, -0.25) is 19.3 Å². The molecule has 0 saturated heterocycles. The molecule has 3 aromatic rings. The Morgan fingerprint density at radius 1 is 1.14 bits per heavy atom. The maximum atomic E-state index is 14.2. The molecule has 1 unspecified atom stereocenters. The van der Waals surface area contributed by atoms with Crippen molar-refractivity contribution in [3.8, 4) is 5.75 Å². The van der Waals surface area contributed by atoms with Gasteiger partial charge < -0.3 is 21.5 Å². The van der Waals surface area contributed by atoms with Gasteiger partial charge in [-0.25, -0.2) is 0 Å². The van der Waals surface area contributed by atoms with Gasteiger partial charge in [-0.15, -0.1) is 0 Å². The Morgan fingerprint density at radius 3 is 2.32 bits per heavy atom. The third-order valence-corrected chi connectivity index (χ3v) is 7.34. The van der Waals surface area contributed by atoms with Crippen LogP contribution in [0.15, 0.2) is 42.5 Å². The highest BCUT2D eigenvalue weighted by Gasteiger charge is 2.38. The van der Waals surface area contributed by atoms with Gasteiger partial charge in [0.25, 0.3) is 11.8 Å². The Balaban J connectivity index is 2.29. The second-order valence-corrected chi connectivity index (χ2v) is 10.2. The molecular weight excluding hydrogens is 490 g/mol. The number of aryl methyl sites for hydroxylation is 1. The maximum Gasteiger partial charge on any atom is 0.273 e. The maximum absolute atomic E-state index is 14.2. The molecule has 0 saturated carbocycles. The van der Waals surface area contributed by atoms with Crippen molar-refractivity contribution < 1.29 is 19.1 Å². The number of rotatable bonds is 9.